The van der Waals surface area contributed by atoms with Gasteiger partial charge in [-0.25, -0.2) is 8.78 Å². The first-order valence-corrected chi connectivity index (χ1v) is 7.94. The summed E-state index contributed by atoms with van der Waals surface area (Å²) in [7, 11) is 0. The molecule has 0 saturated carbocycles. The number of β-amino-alcohol motifs (C(OH)–C–C–N with tert-alkyl or cyclic N) is 1. The average Bonchev–Trinajstić information content (AvgIpc) is 3.14. The molecular formula is C17H20F2N2O3. The molecule has 7 heteroatoms. The van der Waals surface area contributed by atoms with E-state index in [1.807, 2.05) is 25.1 Å². The summed E-state index contributed by atoms with van der Waals surface area (Å²) in [5.74, 6) is 0.406. The van der Waals surface area contributed by atoms with E-state index in [0.29, 0.717) is 12.4 Å². The molecule has 1 aromatic heterocycles. The highest BCUT2D eigenvalue weighted by Crippen LogP contribution is 2.31. The van der Waals surface area contributed by atoms with Crippen molar-refractivity contribution in [1.29, 1.82) is 0 Å². The SMILES string of the molecule is CCOc1cccc2[nH]cc(CC(=O)N3CC[C@](O)(C(F)F)C3)c12. The summed E-state index contributed by atoms with van der Waals surface area (Å²) in [5.41, 5.74) is -0.479. The van der Waals surface area contributed by atoms with Crippen LogP contribution in [0.25, 0.3) is 10.9 Å². The number of halogens is 2. The topological polar surface area (TPSA) is 65.6 Å². The van der Waals surface area contributed by atoms with E-state index >= 15 is 0 Å². The number of H-pyrrole nitrogens is 1. The molecule has 0 aliphatic carbocycles. The summed E-state index contributed by atoms with van der Waals surface area (Å²) in [6.07, 6.45) is -1.15. The molecule has 0 radical (unpaired) electrons. The van der Waals surface area contributed by atoms with Crippen LogP contribution in [0.1, 0.15) is 18.9 Å². The molecule has 1 aliphatic heterocycles. The minimum absolute atomic E-state index is 0.0728. The van der Waals surface area contributed by atoms with Crippen LogP contribution in [0.2, 0.25) is 0 Å². The molecule has 0 spiro atoms. The number of hydrogen-bond donors (Lipinski definition) is 2. The zero-order valence-electron chi connectivity index (χ0n) is 13.4. The second-order valence-corrected chi connectivity index (χ2v) is 6.07. The van der Waals surface area contributed by atoms with Crippen molar-refractivity contribution in [3.63, 3.8) is 0 Å². The van der Waals surface area contributed by atoms with Crippen molar-refractivity contribution >= 4 is 16.8 Å². The van der Waals surface area contributed by atoms with Crippen LogP contribution in [-0.2, 0) is 11.2 Å². The first-order valence-electron chi connectivity index (χ1n) is 7.94. The number of fused-ring (bicyclic) bond motifs is 1. The Balaban J connectivity index is 1.79. The number of aromatic nitrogens is 1. The van der Waals surface area contributed by atoms with Gasteiger partial charge < -0.3 is 19.7 Å². The van der Waals surface area contributed by atoms with Crippen molar-refractivity contribution < 1.29 is 23.4 Å². The molecule has 1 aliphatic rings. The van der Waals surface area contributed by atoms with Crippen molar-refractivity contribution in [3.05, 3.63) is 30.0 Å². The van der Waals surface area contributed by atoms with Crippen LogP contribution in [0.4, 0.5) is 8.78 Å². The lowest BCUT2D eigenvalue weighted by molar-refractivity contribution is -0.132. The van der Waals surface area contributed by atoms with Crippen molar-refractivity contribution in [2.24, 2.45) is 0 Å². The summed E-state index contributed by atoms with van der Waals surface area (Å²) < 4.78 is 31.4. The Morgan fingerprint density at radius 3 is 2.96 bits per heavy atom. The molecule has 2 N–H and O–H groups in total. The Hall–Kier alpha value is -2.15. The third-order valence-electron chi connectivity index (χ3n) is 4.43. The number of carbonyl (C=O) groups is 1. The van der Waals surface area contributed by atoms with Crippen LogP contribution in [-0.4, -0.2) is 52.6 Å². The first-order chi connectivity index (χ1) is 11.4. The first kappa shape index (κ1) is 16.7. The Morgan fingerprint density at radius 1 is 1.50 bits per heavy atom. The van der Waals surface area contributed by atoms with Gasteiger partial charge in [-0.2, -0.15) is 0 Å². The number of carbonyl (C=O) groups excluding carboxylic acids is 1. The van der Waals surface area contributed by atoms with E-state index in [1.165, 1.54) is 4.90 Å². The number of nitrogens with one attached hydrogen (secondary N) is 1. The molecule has 3 rings (SSSR count). The molecular weight excluding hydrogens is 318 g/mol. The van der Waals surface area contributed by atoms with Gasteiger partial charge in [-0.05, 0) is 24.6 Å². The third-order valence-corrected chi connectivity index (χ3v) is 4.43. The molecule has 0 bridgehead atoms. The van der Waals surface area contributed by atoms with Gasteiger partial charge in [0, 0.05) is 30.1 Å². The Morgan fingerprint density at radius 2 is 2.29 bits per heavy atom. The molecule has 1 atom stereocenters. The highest BCUT2D eigenvalue weighted by molar-refractivity contribution is 5.93. The number of aliphatic hydroxyl groups is 1. The predicted octanol–water partition coefficient (Wildman–Crippen LogP) is 2.34. The minimum atomic E-state index is -2.85. The highest BCUT2D eigenvalue weighted by atomic mass is 19.3. The fourth-order valence-electron chi connectivity index (χ4n) is 3.12. The zero-order chi connectivity index (χ0) is 17.3. The van der Waals surface area contributed by atoms with Crippen LogP contribution in [0.3, 0.4) is 0 Å². The monoisotopic (exact) mass is 338 g/mol. The molecule has 2 heterocycles. The number of rotatable bonds is 5. The smallest absolute Gasteiger partial charge is 0.268 e. The maximum Gasteiger partial charge on any atom is 0.268 e. The fraction of sp³-hybridized carbons (Fsp3) is 0.471. The zero-order valence-corrected chi connectivity index (χ0v) is 13.4. The number of amides is 1. The molecule has 1 aromatic carbocycles. The van der Waals surface area contributed by atoms with Gasteiger partial charge in [-0.15, -0.1) is 0 Å². The Kier molecular flexibility index (Phi) is 4.45. The second kappa shape index (κ2) is 6.39. The quantitative estimate of drug-likeness (QED) is 0.879. The van der Waals surface area contributed by atoms with E-state index in [0.717, 1.165) is 16.5 Å². The van der Waals surface area contributed by atoms with Gasteiger partial charge in [-0.3, -0.25) is 4.79 Å². The van der Waals surface area contributed by atoms with Crippen molar-refractivity contribution in [1.82, 2.24) is 9.88 Å². The number of nitrogens with zero attached hydrogens (tertiary/aromatic N) is 1. The van der Waals surface area contributed by atoms with Crippen LogP contribution < -0.4 is 4.74 Å². The number of likely N-dealkylation sites (tertiary alicyclic amines) is 1. The van der Waals surface area contributed by atoms with Crippen LogP contribution in [0.15, 0.2) is 24.4 Å². The molecule has 1 fully saturated rings. The summed E-state index contributed by atoms with van der Waals surface area (Å²) in [4.78, 5) is 16.8. The van der Waals surface area contributed by atoms with Crippen LogP contribution in [0, 0.1) is 0 Å². The van der Waals surface area contributed by atoms with E-state index in [-0.39, 0.29) is 31.8 Å². The van der Waals surface area contributed by atoms with Gasteiger partial charge in [-0.1, -0.05) is 6.07 Å². The second-order valence-electron chi connectivity index (χ2n) is 6.07. The molecule has 1 amide bonds. The van der Waals surface area contributed by atoms with Crippen molar-refractivity contribution in [2.75, 3.05) is 19.7 Å². The number of hydrogen-bond acceptors (Lipinski definition) is 3. The number of ether oxygens (including phenoxy) is 1. The number of benzene rings is 1. The molecule has 0 unspecified atom stereocenters. The van der Waals surface area contributed by atoms with Crippen LogP contribution >= 0.6 is 0 Å². The highest BCUT2D eigenvalue weighted by Gasteiger charge is 2.45. The largest absolute Gasteiger partial charge is 0.493 e. The van der Waals surface area contributed by atoms with Gasteiger partial charge in [0.1, 0.15) is 11.4 Å². The van der Waals surface area contributed by atoms with E-state index in [2.05, 4.69) is 4.98 Å². The predicted molar refractivity (Wildman–Crippen MR) is 85.3 cm³/mol. The standard InChI is InChI=1S/C17H20F2N2O3/c1-2-24-13-5-3-4-12-15(13)11(9-20-12)8-14(22)21-7-6-17(23,10-21)16(18)19/h3-5,9,16,20,23H,2,6-8,10H2,1H3/t17-/m1/s1. The van der Waals surface area contributed by atoms with Crippen molar-refractivity contribution in [2.45, 2.75) is 31.8 Å². The molecule has 5 nitrogen and oxygen atoms in total. The summed E-state index contributed by atoms with van der Waals surface area (Å²) >= 11 is 0. The van der Waals surface area contributed by atoms with Gasteiger partial charge in [0.15, 0.2) is 0 Å². The summed E-state index contributed by atoms with van der Waals surface area (Å²) in [5, 5.41) is 10.7. The Bertz CT molecular complexity index is 747. The lowest BCUT2D eigenvalue weighted by Gasteiger charge is -2.22. The van der Waals surface area contributed by atoms with E-state index < -0.39 is 12.0 Å². The molecule has 24 heavy (non-hydrogen) atoms. The summed E-state index contributed by atoms with van der Waals surface area (Å²) in [6, 6.07) is 5.58. The lowest BCUT2D eigenvalue weighted by Crippen LogP contribution is -2.42. The third kappa shape index (κ3) is 2.96. The molecule has 130 valence electrons. The van der Waals surface area contributed by atoms with E-state index in [4.69, 9.17) is 4.74 Å². The Labute approximate surface area is 138 Å². The summed E-state index contributed by atoms with van der Waals surface area (Å²) in [6.45, 7) is 2.20. The number of alkyl halides is 2. The van der Waals surface area contributed by atoms with E-state index in [9.17, 15) is 18.7 Å². The van der Waals surface area contributed by atoms with Gasteiger partial charge >= 0.3 is 0 Å². The van der Waals surface area contributed by atoms with Crippen molar-refractivity contribution in [3.8, 4) is 5.75 Å². The molecule has 1 saturated heterocycles. The maximum absolute atomic E-state index is 12.9. The van der Waals surface area contributed by atoms with Gasteiger partial charge in [0.05, 0.1) is 19.6 Å². The minimum Gasteiger partial charge on any atom is -0.493 e. The van der Waals surface area contributed by atoms with Gasteiger partial charge in [0.25, 0.3) is 6.43 Å². The lowest BCUT2D eigenvalue weighted by atomic mass is 10.1. The maximum atomic E-state index is 12.9. The number of aromatic amines is 1. The normalized spacial score (nSPS) is 21.0. The van der Waals surface area contributed by atoms with Gasteiger partial charge in [0.2, 0.25) is 5.91 Å². The van der Waals surface area contributed by atoms with E-state index in [1.54, 1.807) is 6.20 Å². The van der Waals surface area contributed by atoms with Crippen LogP contribution in [0.5, 0.6) is 5.75 Å². The molecule has 2 aromatic rings. The fourth-order valence-corrected chi connectivity index (χ4v) is 3.12. The average molecular weight is 338 g/mol.